The van der Waals surface area contributed by atoms with E-state index in [1.807, 2.05) is 48.7 Å². The summed E-state index contributed by atoms with van der Waals surface area (Å²) in [7, 11) is -3.66. The van der Waals surface area contributed by atoms with E-state index < -0.39 is 16.2 Å². The molecule has 30 heavy (non-hydrogen) atoms. The van der Waals surface area contributed by atoms with Gasteiger partial charge in [0, 0.05) is 5.56 Å². The zero-order chi connectivity index (χ0) is 21.5. The van der Waals surface area contributed by atoms with Crippen LogP contribution < -0.4 is 0 Å². The van der Waals surface area contributed by atoms with E-state index in [1.54, 1.807) is 12.1 Å². The molecule has 1 aromatic heterocycles. The van der Waals surface area contributed by atoms with Gasteiger partial charge in [-0.3, -0.25) is 13.7 Å². The molecular weight excluding hydrogens is 402 g/mol. The number of aromatic nitrogens is 3. The van der Waals surface area contributed by atoms with Gasteiger partial charge in [-0.1, -0.05) is 35.9 Å². The smallest absolute Gasteiger partial charge is 0.264 e. The fourth-order valence-corrected chi connectivity index (χ4v) is 3.81. The lowest BCUT2D eigenvalue weighted by atomic mass is 9.98. The highest BCUT2D eigenvalue weighted by atomic mass is 32.2. The lowest BCUT2D eigenvalue weighted by molar-refractivity contribution is 0.292. The molecule has 3 aromatic rings. The molecule has 2 aromatic carbocycles. The topological polar surface area (TPSA) is 90.8 Å². The first-order valence-electron chi connectivity index (χ1n) is 9.20. The first-order valence-corrected chi connectivity index (χ1v) is 11.0. The molecule has 8 nitrogen and oxygen atoms in total. The summed E-state index contributed by atoms with van der Waals surface area (Å²) in [5, 5.41) is 8.45. The Morgan fingerprint density at radius 2 is 1.87 bits per heavy atom. The first kappa shape index (κ1) is 19.9. The third kappa shape index (κ3) is 3.75. The van der Waals surface area contributed by atoms with Crippen LogP contribution in [0.3, 0.4) is 0 Å². The maximum absolute atomic E-state index is 11.6. The van der Waals surface area contributed by atoms with E-state index in [4.69, 9.17) is 15.7 Å². The van der Waals surface area contributed by atoms with Crippen molar-refractivity contribution in [3.05, 3.63) is 82.2 Å². The second-order valence-electron chi connectivity index (χ2n) is 7.10. The van der Waals surface area contributed by atoms with Crippen molar-refractivity contribution in [3.63, 3.8) is 0 Å². The van der Waals surface area contributed by atoms with Gasteiger partial charge in [0.2, 0.25) is 0 Å². The van der Waals surface area contributed by atoms with Crippen LogP contribution in [0.1, 0.15) is 34.4 Å². The van der Waals surface area contributed by atoms with Gasteiger partial charge in [-0.15, -0.1) is 10.2 Å². The van der Waals surface area contributed by atoms with Crippen LogP contribution in [0, 0.1) is 20.4 Å². The Kier molecular flexibility index (Phi) is 4.97. The highest BCUT2D eigenvalue weighted by Crippen LogP contribution is 2.32. The molecule has 0 bridgehead atoms. The lowest BCUT2D eigenvalue weighted by Gasteiger charge is -2.13. The van der Waals surface area contributed by atoms with E-state index >= 15 is 0 Å². The third-order valence-corrected chi connectivity index (χ3v) is 5.36. The Hall–Kier alpha value is -3.35. The summed E-state index contributed by atoms with van der Waals surface area (Å²) in [5.74, 6) is 1.17. The molecule has 0 radical (unpaired) electrons. The molecule has 4 rings (SSSR count). The van der Waals surface area contributed by atoms with Crippen LogP contribution in [0.5, 0.6) is 0 Å². The van der Waals surface area contributed by atoms with Crippen LogP contribution in [0.25, 0.3) is 10.5 Å². The lowest BCUT2D eigenvalue weighted by Crippen LogP contribution is -2.15. The third-order valence-electron chi connectivity index (χ3n) is 4.79. The van der Waals surface area contributed by atoms with E-state index in [0.29, 0.717) is 23.0 Å². The number of fused-ring (bicyclic) bond motifs is 3. The Morgan fingerprint density at radius 1 is 1.13 bits per heavy atom. The molecule has 1 atom stereocenters. The SMILES string of the molecule is [C-]#[N+]c1ccc(C2=N[C@@H](COS(C)(=O)=O)c3nnc(C)n3-c3ccc(C)cc32)cc1. The Labute approximate surface area is 174 Å². The maximum atomic E-state index is 11.6. The highest BCUT2D eigenvalue weighted by molar-refractivity contribution is 7.85. The number of aliphatic imine (C=N–C) groups is 1. The summed E-state index contributed by atoms with van der Waals surface area (Å²) < 4.78 is 30.2. The summed E-state index contributed by atoms with van der Waals surface area (Å²) in [6.45, 7) is 10.8. The quantitative estimate of drug-likeness (QED) is 0.476. The average molecular weight is 421 g/mol. The summed E-state index contributed by atoms with van der Waals surface area (Å²) in [5.41, 5.74) is 4.80. The molecule has 152 valence electrons. The van der Waals surface area contributed by atoms with E-state index in [2.05, 4.69) is 15.0 Å². The van der Waals surface area contributed by atoms with Crippen LogP contribution >= 0.6 is 0 Å². The minimum Gasteiger partial charge on any atom is -0.281 e. The summed E-state index contributed by atoms with van der Waals surface area (Å²) in [6.07, 6.45) is 1.01. The van der Waals surface area contributed by atoms with Crippen molar-refractivity contribution in [1.29, 1.82) is 0 Å². The van der Waals surface area contributed by atoms with Gasteiger partial charge in [0.25, 0.3) is 10.1 Å². The number of aryl methyl sites for hydroxylation is 2. The Balaban J connectivity index is 1.95. The molecule has 0 N–H and O–H groups in total. The van der Waals surface area contributed by atoms with Gasteiger partial charge >= 0.3 is 0 Å². The fourth-order valence-electron chi connectivity index (χ4n) is 3.43. The van der Waals surface area contributed by atoms with E-state index in [9.17, 15) is 8.42 Å². The number of hydrogen-bond acceptors (Lipinski definition) is 6. The molecule has 0 fully saturated rings. The zero-order valence-electron chi connectivity index (χ0n) is 16.7. The molecule has 1 aliphatic rings. The van der Waals surface area contributed by atoms with Crippen LogP contribution in [-0.4, -0.2) is 41.8 Å². The number of rotatable bonds is 4. The van der Waals surface area contributed by atoms with Gasteiger partial charge in [-0.05, 0) is 31.5 Å². The van der Waals surface area contributed by atoms with Gasteiger partial charge in [0.05, 0.1) is 30.8 Å². The number of hydrogen-bond donors (Lipinski definition) is 0. The largest absolute Gasteiger partial charge is 0.281 e. The van der Waals surface area contributed by atoms with Crippen molar-refractivity contribution in [3.8, 4) is 5.69 Å². The molecule has 9 heteroatoms. The van der Waals surface area contributed by atoms with E-state index in [1.165, 1.54) is 0 Å². The van der Waals surface area contributed by atoms with Crippen molar-refractivity contribution in [2.45, 2.75) is 19.9 Å². The molecular formula is C21H19N5O3S. The summed E-state index contributed by atoms with van der Waals surface area (Å²) in [4.78, 5) is 8.31. The molecule has 0 amide bonds. The summed E-state index contributed by atoms with van der Waals surface area (Å²) in [6, 6.07) is 12.5. The van der Waals surface area contributed by atoms with Crippen molar-refractivity contribution < 1.29 is 12.6 Å². The van der Waals surface area contributed by atoms with Crippen molar-refractivity contribution in [1.82, 2.24) is 14.8 Å². The molecule has 0 aliphatic carbocycles. The monoisotopic (exact) mass is 421 g/mol. The summed E-state index contributed by atoms with van der Waals surface area (Å²) >= 11 is 0. The predicted molar refractivity (Wildman–Crippen MR) is 113 cm³/mol. The number of nitrogens with zero attached hydrogens (tertiary/aromatic N) is 5. The van der Waals surface area contributed by atoms with Gasteiger partial charge in [0.15, 0.2) is 11.5 Å². The molecule has 0 unspecified atom stereocenters. The van der Waals surface area contributed by atoms with Crippen LogP contribution in [-0.2, 0) is 14.3 Å². The number of benzene rings is 2. The minimum atomic E-state index is -3.66. The zero-order valence-corrected chi connectivity index (χ0v) is 17.5. The van der Waals surface area contributed by atoms with Crippen molar-refractivity contribution >= 4 is 21.5 Å². The fraction of sp³-hybridized carbons (Fsp3) is 0.238. The van der Waals surface area contributed by atoms with Crippen molar-refractivity contribution in [2.24, 2.45) is 4.99 Å². The van der Waals surface area contributed by atoms with E-state index in [-0.39, 0.29) is 6.61 Å². The molecule has 2 heterocycles. The van der Waals surface area contributed by atoms with Crippen molar-refractivity contribution in [2.75, 3.05) is 12.9 Å². The van der Waals surface area contributed by atoms with Crippen LogP contribution in [0.2, 0.25) is 0 Å². The predicted octanol–water partition coefficient (Wildman–Crippen LogP) is 3.30. The minimum absolute atomic E-state index is 0.187. The van der Waals surface area contributed by atoms with Gasteiger partial charge in [-0.2, -0.15) is 8.42 Å². The molecule has 0 saturated heterocycles. The Morgan fingerprint density at radius 3 is 2.53 bits per heavy atom. The second kappa shape index (κ2) is 7.48. The maximum Gasteiger partial charge on any atom is 0.264 e. The average Bonchev–Trinajstić information content (AvgIpc) is 3.02. The second-order valence-corrected chi connectivity index (χ2v) is 8.75. The molecule has 0 spiro atoms. The van der Waals surface area contributed by atoms with Gasteiger partial charge in [-0.25, -0.2) is 4.85 Å². The van der Waals surface area contributed by atoms with Crippen LogP contribution in [0.15, 0.2) is 47.5 Å². The molecule has 0 saturated carbocycles. The first-order chi connectivity index (χ1) is 14.3. The standard InChI is InChI=1S/C21H19N5O3S/c1-13-5-10-19-17(11-13)20(15-6-8-16(22-3)9-7-15)23-18(12-29-30(4,27)28)21-25-24-14(2)26(19)21/h5-11,18H,12H2,1-2,4H3/t18-/m0/s1. The normalized spacial score (nSPS) is 15.5. The Bertz CT molecular complexity index is 1300. The molecule has 1 aliphatic heterocycles. The van der Waals surface area contributed by atoms with Gasteiger partial charge in [0.1, 0.15) is 11.9 Å². The van der Waals surface area contributed by atoms with Crippen LogP contribution in [0.4, 0.5) is 5.69 Å². The van der Waals surface area contributed by atoms with E-state index in [0.717, 1.165) is 28.6 Å². The highest BCUT2D eigenvalue weighted by Gasteiger charge is 2.29. The van der Waals surface area contributed by atoms with Gasteiger partial charge < -0.3 is 0 Å².